The molecular weight excluding hydrogens is 508 g/mol. The minimum Gasteiger partial charge on any atom is -0.490 e. The Labute approximate surface area is 225 Å². The Morgan fingerprint density at radius 2 is 1.79 bits per heavy atom. The van der Waals surface area contributed by atoms with E-state index in [4.69, 9.17) is 13.7 Å². The van der Waals surface area contributed by atoms with Gasteiger partial charge in [-0.1, -0.05) is 17.7 Å². The minimum absolute atomic E-state index is 0.0611. The number of ether oxygens (including phenoxy) is 2. The number of hydrogen-bond acceptors (Lipinski definition) is 8. The van der Waals surface area contributed by atoms with Crippen molar-refractivity contribution in [1.82, 2.24) is 4.90 Å². The number of carbonyl (C=O) groups excluding carboxylic acids is 1. The highest BCUT2D eigenvalue weighted by Crippen LogP contribution is 2.40. The molecule has 1 amide bonds. The van der Waals surface area contributed by atoms with Crippen LogP contribution in [-0.2, 0) is 31.9 Å². The first-order valence-corrected chi connectivity index (χ1v) is 14.4. The van der Waals surface area contributed by atoms with Gasteiger partial charge in [-0.3, -0.25) is 4.18 Å². The van der Waals surface area contributed by atoms with Crippen molar-refractivity contribution in [1.29, 1.82) is 0 Å². The van der Waals surface area contributed by atoms with Crippen LogP contribution in [0.2, 0.25) is 0 Å². The van der Waals surface area contributed by atoms with Crippen LogP contribution in [-0.4, -0.2) is 75.6 Å². The number of anilines is 1. The third kappa shape index (κ3) is 6.59. The molecule has 10 heteroatoms. The Morgan fingerprint density at radius 3 is 2.47 bits per heavy atom. The number of aliphatic hydroxyl groups is 1. The monoisotopic (exact) mass is 546 g/mol. The molecule has 0 aromatic heterocycles. The molecule has 2 aromatic carbocycles. The molecule has 1 N–H and O–H groups in total. The predicted molar refractivity (Wildman–Crippen MR) is 144 cm³/mol. The number of rotatable bonds is 6. The summed E-state index contributed by atoms with van der Waals surface area (Å²) in [6.45, 7) is 11.5. The van der Waals surface area contributed by atoms with Crippen molar-refractivity contribution in [3.8, 4) is 5.75 Å². The summed E-state index contributed by atoms with van der Waals surface area (Å²) >= 11 is 0. The second-order valence-corrected chi connectivity index (χ2v) is 12.6. The second kappa shape index (κ2) is 11.1. The van der Waals surface area contributed by atoms with Gasteiger partial charge >= 0.3 is 6.09 Å². The average molecular weight is 547 g/mol. The predicted octanol–water partition coefficient (Wildman–Crippen LogP) is 3.60. The third-order valence-electron chi connectivity index (χ3n) is 6.76. The number of hydrogen-bond donors (Lipinski definition) is 1. The van der Waals surface area contributed by atoms with Gasteiger partial charge < -0.3 is 24.4 Å². The first-order valence-electron chi connectivity index (χ1n) is 13.0. The van der Waals surface area contributed by atoms with E-state index < -0.39 is 21.8 Å². The van der Waals surface area contributed by atoms with Crippen LogP contribution < -0.4 is 9.64 Å². The van der Waals surface area contributed by atoms with Crippen molar-refractivity contribution < 1.29 is 32.0 Å². The van der Waals surface area contributed by atoms with E-state index in [0.717, 1.165) is 33.7 Å². The highest BCUT2D eigenvalue weighted by molar-refractivity contribution is 7.86. The van der Waals surface area contributed by atoms with E-state index in [0.29, 0.717) is 39.1 Å². The largest absolute Gasteiger partial charge is 0.490 e. The maximum atomic E-state index is 12.7. The standard InChI is InChI=1S/C28H38N2O7S/c1-19-6-8-23(9-7-19)38(33,34)36-18-22(31)17-30-14-15-35-25-16-21-10-12-29(27(32)37-28(3,4)5)13-11-24(21)20(2)26(25)30/h6-9,16,22,31H,10-15,17-18H2,1-5H3/t22-/m1/s1. The molecule has 0 unspecified atom stereocenters. The maximum absolute atomic E-state index is 12.7. The number of benzene rings is 2. The third-order valence-corrected chi connectivity index (χ3v) is 8.06. The summed E-state index contributed by atoms with van der Waals surface area (Å²) in [5, 5.41) is 10.7. The minimum atomic E-state index is -3.97. The van der Waals surface area contributed by atoms with Crippen molar-refractivity contribution in [3.63, 3.8) is 0 Å². The lowest BCUT2D eigenvalue weighted by Crippen LogP contribution is -2.41. The molecule has 0 fully saturated rings. The van der Waals surface area contributed by atoms with Crippen LogP contribution in [0.15, 0.2) is 35.2 Å². The molecule has 0 aliphatic carbocycles. The lowest BCUT2D eigenvalue weighted by Gasteiger charge is -2.35. The molecule has 1 atom stereocenters. The molecule has 2 heterocycles. The van der Waals surface area contributed by atoms with Crippen molar-refractivity contribution in [2.24, 2.45) is 0 Å². The number of aliphatic hydroxyl groups excluding tert-OH is 1. The number of amides is 1. The van der Waals surface area contributed by atoms with Gasteiger partial charge in [0.05, 0.1) is 29.8 Å². The highest BCUT2D eigenvalue weighted by atomic mass is 32.2. The Kier molecular flexibility index (Phi) is 8.25. The van der Waals surface area contributed by atoms with Gasteiger partial charge in [0.1, 0.15) is 18.0 Å². The van der Waals surface area contributed by atoms with Crippen LogP contribution in [0, 0.1) is 13.8 Å². The number of nitrogens with zero attached hydrogens (tertiary/aromatic N) is 2. The summed E-state index contributed by atoms with van der Waals surface area (Å²) < 4.78 is 41.8. The molecule has 4 rings (SSSR count). The molecule has 9 nitrogen and oxygen atoms in total. The van der Waals surface area contributed by atoms with Gasteiger partial charge in [0.15, 0.2) is 0 Å². The topological polar surface area (TPSA) is 106 Å². The van der Waals surface area contributed by atoms with Crippen molar-refractivity contribution in [3.05, 3.63) is 52.6 Å². The van der Waals surface area contributed by atoms with Gasteiger partial charge in [-0.05, 0) is 82.3 Å². The maximum Gasteiger partial charge on any atom is 0.410 e. The lowest BCUT2D eigenvalue weighted by atomic mass is 9.94. The fourth-order valence-corrected chi connectivity index (χ4v) is 5.83. The Balaban J connectivity index is 1.45. The Bertz CT molecular complexity index is 1270. The lowest BCUT2D eigenvalue weighted by molar-refractivity contribution is 0.0258. The smallest absolute Gasteiger partial charge is 0.410 e. The van der Waals surface area contributed by atoms with Crippen molar-refractivity contribution >= 4 is 21.9 Å². The van der Waals surface area contributed by atoms with Crippen molar-refractivity contribution in [2.75, 3.05) is 44.3 Å². The van der Waals surface area contributed by atoms with Crippen molar-refractivity contribution in [2.45, 2.75) is 64.1 Å². The van der Waals surface area contributed by atoms with E-state index in [1.54, 1.807) is 17.0 Å². The van der Waals surface area contributed by atoms with Crippen LogP contribution in [0.1, 0.15) is 43.0 Å². The SMILES string of the molecule is Cc1ccc(S(=O)(=O)OC[C@H](O)CN2CCOc3cc4c(c(C)c32)CCN(C(=O)OC(C)(C)C)CC4)cc1. The van der Waals surface area contributed by atoms with Gasteiger partial charge in [-0.2, -0.15) is 8.42 Å². The van der Waals surface area contributed by atoms with Gasteiger partial charge in [0.25, 0.3) is 10.1 Å². The van der Waals surface area contributed by atoms with Gasteiger partial charge in [0.2, 0.25) is 0 Å². The Morgan fingerprint density at radius 1 is 1.11 bits per heavy atom. The first-order chi connectivity index (χ1) is 17.8. The molecule has 0 radical (unpaired) electrons. The zero-order valence-corrected chi connectivity index (χ0v) is 23.6. The number of β-amino-alcohol motifs (C(OH)–C–C–N with tert-alkyl or cyclic N) is 1. The van der Waals surface area contributed by atoms with E-state index in [2.05, 4.69) is 0 Å². The average Bonchev–Trinajstić information content (AvgIpc) is 3.05. The summed E-state index contributed by atoms with van der Waals surface area (Å²) in [5.41, 5.74) is 4.63. The Hall–Kier alpha value is -2.82. The van der Waals surface area contributed by atoms with Crippen LogP contribution in [0.4, 0.5) is 10.5 Å². The zero-order chi connectivity index (χ0) is 27.7. The van der Waals surface area contributed by atoms with Crippen LogP contribution >= 0.6 is 0 Å². The highest BCUT2D eigenvalue weighted by Gasteiger charge is 2.30. The quantitative estimate of drug-likeness (QED) is 0.548. The van der Waals surface area contributed by atoms with Crippen LogP contribution in [0.25, 0.3) is 0 Å². The normalized spacial score (nSPS) is 16.7. The van der Waals surface area contributed by atoms with E-state index in [-0.39, 0.29) is 24.1 Å². The van der Waals surface area contributed by atoms with Gasteiger partial charge in [-0.15, -0.1) is 0 Å². The number of aryl methyl sites for hydroxylation is 1. The van der Waals surface area contributed by atoms with E-state index in [1.165, 1.54) is 12.1 Å². The van der Waals surface area contributed by atoms with Crippen LogP contribution in [0.5, 0.6) is 5.75 Å². The van der Waals surface area contributed by atoms with E-state index >= 15 is 0 Å². The molecule has 2 aromatic rings. The molecule has 208 valence electrons. The second-order valence-electron chi connectivity index (χ2n) is 11.0. The molecule has 2 aliphatic rings. The zero-order valence-electron chi connectivity index (χ0n) is 22.8. The summed E-state index contributed by atoms with van der Waals surface area (Å²) in [4.78, 5) is 16.5. The fraction of sp³-hybridized carbons (Fsp3) is 0.536. The molecule has 0 saturated carbocycles. The summed E-state index contributed by atoms with van der Waals surface area (Å²) in [6, 6.07) is 8.43. The van der Waals surface area contributed by atoms with Crippen LogP contribution in [0.3, 0.4) is 0 Å². The molecule has 2 aliphatic heterocycles. The first kappa shape index (κ1) is 28.2. The molecule has 0 saturated heterocycles. The number of carbonyl (C=O) groups is 1. The number of fused-ring (bicyclic) bond motifs is 2. The summed E-state index contributed by atoms with van der Waals surface area (Å²) in [7, 11) is -3.97. The fourth-order valence-electron chi connectivity index (χ4n) is 4.89. The molecule has 38 heavy (non-hydrogen) atoms. The molecule has 0 spiro atoms. The molecule has 0 bridgehead atoms. The van der Waals surface area contributed by atoms with Gasteiger partial charge in [-0.25, -0.2) is 4.79 Å². The van der Waals surface area contributed by atoms with E-state index in [1.807, 2.05) is 45.6 Å². The molecular formula is C28H38N2O7S. The van der Waals surface area contributed by atoms with E-state index in [9.17, 15) is 18.3 Å². The van der Waals surface area contributed by atoms with Gasteiger partial charge in [0, 0.05) is 19.6 Å². The summed E-state index contributed by atoms with van der Waals surface area (Å²) in [6.07, 6.45) is 0.0397. The summed E-state index contributed by atoms with van der Waals surface area (Å²) in [5.74, 6) is 0.735.